The van der Waals surface area contributed by atoms with Crippen LogP contribution in [0.3, 0.4) is 0 Å². The summed E-state index contributed by atoms with van der Waals surface area (Å²) in [6, 6.07) is 11.5. The first-order valence-corrected chi connectivity index (χ1v) is 6.22. The number of carbonyl (C=O) groups excluding carboxylic acids is 1. The van der Waals surface area contributed by atoms with Gasteiger partial charge >= 0.3 is 0 Å². The van der Waals surface area contributed by atoms with E-state index < -0.39 is 4.92 Å². The van der Waals surface area contributed by atoms with Gasteiger partial charge in [-0.2, -0.15) is 0 Å². The second-order valence-electron chi connectivity index (χ2n) is 4.37. The van der Waals surface area contributed by atoms with E-state index in [1.54, 1.807) is 36.4 Å². The molecular formula is C15H14N2O4. The molecule has 0 unspecified atom stereocenters. The predicted molar refractivity (Wildman–Crippen MR) is 79.4 cm³/mol. The van der Waals surface area contributed by atoms with Crippen LogP contribution in [0.1, 0.15) is 6.92 Å². The molecule has 21 heavy (non-hydrogen) atoms. The number of benzene rings is 2. The van der Waals surface area contributed by atoms with E-state index in [2.05, 4.69) is 5.32 Å². The zero-order valence-corrected chi connectivity index (χ0v) is 11.6. The first kappa shape index (κ1) is 14.5. The summed E-state index contributed by atoms with van der Waals surface area (Å²) in [6.45, 7) is 1.39. The molecule has 6 nitrogen and oxygen atoms in total. The third-order valence-electron chi connectivity index (χ3n) is 2.93. The Bertz CT molecular complexity index is 698. The molecule has 0 aromatic heterocycles. The van der Waals surface area contributed by atoms with Crippen molar-refractivity contribution in [1.29, 1.82) is 0 Å². The highest BCUT2D eigenvalue weighted by molar-refractivity contribution is 5.95. The molecule has 0 heterocycles. The lowest BCUT2D eigenvalue weighted by molar-refractivity contribution is -0.384. The van der Waals surface area contributed by atoms with E-state index >= 15 is 0 Å². The van der Waals surface area contributed by atoms with E-state index in [9.17, 15) is 14.9 Å². The molecule has 1 N–H and O–H groups in total. The fraction of sp³-hybridized carbons (Fsp3) is 0.133. The van der Waals surface area contributed by atoms with Crippen LogP contribution >= 0.6 is 0 Å². The second kappa shape index (κ2) is 6.04. The number of carbonyl (C=O) groups is 1. The van der Waals surface area contributed by atoms with Gasteiger partial charge in [0, 0.05) is 18.2 Å². The molecule has 0 saturated carbocycles. The van der Waals surface area contributed by atoms with E-state index in [0.29, 0.717) is 22.6 Å². The SMILES string of the molecule is COc1ccc(-c2ccccc2NC(C)=O)c([N+](=O)[O-])c1. The zero-order valence-electron chi connectivity index (χ0n) is 11.6. The van der Waals surface area contributed by atoms with Crippen molar-refractivity contribution in [2.75, 3.05) is 12.4 Å². The van der Waals surface area contributed by atoms with Crippen LogP contribution in [0.5, 0.6) is 5.75 Å². The zero-order chi connectivity index (χ0) is 15.4. The Labute approximate surface area is 121 Å². The van der Waals surface area contributed by atoms with Gasteiger partial charge in [-0.15, -0.1) is 0 Å². The summed E-state index contributed by atoms with van der Waals surface area (Å²) < 4.78 is 5.02. The quantitative estimate of drug-likeness (QED) is 0.691. The molecule has 2 rings (SSSR count). The molecule has 0 saturated heterocycles. The lowest BCUT2D eigenvalue weighted by Gasteiger charge is -2.11. The van der Waals surface area contributed by atoms with Gasteiger partial charge in [0.05, 0.1) is 23.7 Å². The van der Waals surface area contributed by atoms with Crippen LogP contribution in [0.4, 0.5) is 11.4 Å². The minimum Gasteiger partial charge on any atom is -0.497 e. The van der Waals surface area contributed by atoms with Gasteiger partial charge in [-0.05, 0) is 18.2 Å². The van der Waals surface area contributed by atoms with Crippen LogP contribution in [-0.2, 0) is 4.79 Å². The number of amides is 1. The Balaban J connectivity index is 2.61. The first-order valence-electron chi connectivity index (χ1n) is 6.22. The van der Waals surface area contributed by atoms with Gasteiger partial charge in [0.2, 0.25) is 5.91 Å². The number of nitrogens with zero attached hydrogens (tertiary/aromatic N) is 1. The van der Waals surface area contributed by atoms with Gasteiger partial charge in [-0.3, -0.25) is 14.9 Å². The maximum Gasteiger partial charge on any atom is 0.280 e. The molecule has 2 aromatic rings. The van der Waals surface area contributed by atoms with Crippen molar-refractivity contribution >= 4 is 17.3 Å². The Morgan fingerprint density at radius 3 is 2.52 bits per heavy atom. The smallest absolute Gasteiger partial charge is 0.280 e. The molecule has 0 fully saturated rings. The summed E-state index contributed by atoms with van der Waals surface area (Å²) in [5.41, 5.74) is 1.46. The Kier molecular flexibility index (Phi) is 4.18. The van der Waals surface area contributed by atoms with Crippen LogP contribution in [0.15, 0.2) is 42.5 Å². The monoisotopic (exact) mass is 286 g/mol. The fourth-order valence-corrected chi connectivity index (χ4v) is 2.03. The van der Waals surface area contributed by atoms with Crippen molar-refractivity contribution in [2.45, 2.75) is 6.92 Å². The average Bonchev–Trinajstić information content (AvgIpc) is 2.46. The van der Waals surface area contributed by atoms with Crippen molar-refractivity contribution in [3.63, 3.8) is 0 Å². The molecular weight excluding hydrogens is 272 g/mol. The van der Waals surface area contributed by atoms with Crippen LogP contribution in [0.25, 0.3) is 11.1 Å². The standard InChI is InChI=1S/C15H14N2O4/c1-10(18)16-14-6-4-3-5-12(14)13-8-7-11(21-2)9-15(13)17(19)20/h3-9H,1-2H3,(H,16,18). The number of nitrogens with one attached hydrogen (secondary N) is 1. The number of hydrogen-bond acceptors (Lipinski definition) is 4. The highest BCUT2D eigenvalue weighted by Gasteiger charge is 2.19. The molecule has 2 aromatic carbocycles. The van der Waals surface area contributed by atoms with Crippen molar-refractivity contribution in [3.05, 3.63) is 52.6 Å². The van der Waals surface area contributed by atoms with Crippen molar-refractivity contribution in [1.82, 2.24) is 0 Å². The van der Waals surface area contributed by atoms with Gasteiger partial charge < -0.3 is 10.1 Å². The molecule has 0 aliphatic rings. The summed E-state index contributed by atoms with van der Waals surface area (Å²) >= 11 is 0. The molecule has 0 aliphatic carbocycles. The van der Waals surface area contributed by atoms with E-state index in [-0.39, 0.29) is 11.6 Å². The average molecular weight is 286 g/mol. The van der Waals surface area contributed by atoms with Gasteiger partial charge in [-0.25, -0.2) is 0 Å². The summed E-state index contributed by atoms with van der Waals surface area (Å²) in [7, 11) is 1.45. The summed E-state index contributed by atoms with van der Waals surface area (Å²) in [5.74, 6) is 0.168. The van der Waals surface area contributed by atoms with Gasteiger partial charge in [0.25, 0.3) is 5.69 Å². The minimum absolute atomic E-state index is 0.0767. The van der Waals surface area contributed by atoms with Gasteiger partial charge in [0.1, 0.15) is 5.75 Å². The number of nitro groups is 1. The van der Waals surface area contributed by atoms with E-state index in [1.807, 2.05) is 0 Å². The second-order valence-corrected chi connectivity index (χ2v) is 4.37. The molecule has 108 valence electrons. The molecule has 0 atom stereocenters. The first-order chi connectivity index (χ1) is 10.0. The Morgan fingerprint density at radius 1 is 1.19 bits per heavy atom. The van der Waals surface area contributed by atoms with Crippen molar-refractivity contribution in [3.8, 4) is 16.9 Å². The third-order valence-corrected chi connectivity index (χ3v) is 2.93. The number of nitro benzene ring substituents is 1. The Morgan fingerprint density at radius 2 is 1.90 bits per heavy atom. The van der Waals surface area contributed by atoms with Crippen LogP contribution in [0, 0.1) is 10.1 Å². The normalized spacial score (nSPS) is 10.0. The molecule has 0 spiro atoms. The number of rotatable bonds is 4. The predicted octanol–water partition coefficient (Wildman–Crippen LogP) is 3.23. The summed E-state index contributed by atoms with van der Waals surface area (Å²) in [6.07, 6.45) is 0. The van der Waals surface area contributed by atoms with Crippen LogP contribution in [0.2, 0.25) is 0 Å². The lowest BCUT2D eigenvalue weighted by atomic mass is 10.0. The maximum atomic E-state index is 11.3. The molecule has 0 aliphatic heterocycles. The summed E-state index contributed by atoms with van der Waals surface area (Å²) in [5, 5.41) is 13.9. The highest BCUT2D eigenvalue weighted by Crippen LogP contribution is 2.36. The fourth-order valence-electron chi connectivity index (χ4n) is 2.03. The molecule has 6 heteroatoms. The Hall–Kier alpha value is -2.89. The van der Waals surface area contributed by atoms with Crippen LogP contribution in [-0.4, -0.2) is 17.9 Å². The van der Waals surface area contributed by atoms with Crippen molar-refractivity contribution in [2.24, 2.45) is 0 Å². The summed E-state index contributed by atoms with van der Waals surface area (Å²) in [4.78, 5) is 22.0. The van der Waals surface area contributed by atoms with Gasteiger partial charge in [0.15, 0.2) is 0 Å². The van der Waals surface area contributed by atoms with Crippen LogP contribution < -0.4 is 10.1 Å². The number of methoxy groups -OCH3 is 1. The van der Waals surface area contributed by atoms with Gasteiger partial charge in [-0.1, -0.05) is 18.2 Å². The van der Waals surface area contributed by atoms with E-state index in [0.717, 1.165) is 0 Å². The van der Waals surface area contributed by atoms with E-state index in [4.69, 9.17) is 4.74 Å². The minimum atomic E-state index is -0.470. The van der Waals surface area contributed by atoms with E-state index in [1.165, 1.54) is 20.1 Å². The topological polar surface area (TPSA) is 81.5 Å². The number of hydrogen-bond donors (Lipinski definition) is 1. The number of ether oxygens (including phenoxy) is 1. The maximum absolute atomic E-state index is 11.3. The van der Waals surface area contributed by atoms with Crippen molar-refractivity contribution < 1.29 is 14.5 Å². The highest BCUT2D eigenvalue weighted by atomic mass is 16.6. The lowest BCUT2D eigenvalue weighted by Crippen LogP contribution is -2.07. The molecule has 0 bridgehead atoms. The number of para-hydroxylation sites is 1. The molecule has 0 radical (unpaired) electrons. The molecule has 1 amide bonds. The largest absolute Gasteiger partial charge is 0.497 e. The number of anilines is 1. The third kappa shape index (κ3) is 3.17.